The molecule has 0 aliphatic carbocycles. The first kappa shape index (κ1) is 15.6. The Hall–Kier alpha value is -2.74. The van der Waals surface area contributed by atoms with Crippen LogP contribution in [-0.2, 0) is 0 Å². The maximum Gasteiger partial charge on any atom is 0.269 e. The van der Waals surface area contributed by atoms with E-state index >= 15 is 0 Å². The second kappa shape index (κ2) is 6.35. The molecule has 0 unspecified atom stereocenters. The summed E-state index contributed by atoms with van der Waals surface area (Å²) < 4.78 is 1.99. The average molecular weight is 317 g/mol. The highest BCUT2D eigenvalue weighted by atomic mass is 32.1. The first-order valence-corrected chi connectivity index (χ1v) is 6.83. The molecular formula is C14H15N5O2S. The van der Waals surface area contributed by atoms with Crippen molar-refractivity contribution in [1.82, 2.24) is 9.99 Å². The van der Waals surface area contributed by atoms with Gasteiger partial charge in [-0.3, -0.25) is 15.5 Å². The van der Waals surface area contributed by atoms with E-state index in [0.29, 0.717) is 0 Å². The van der Waals surface area contributed by atoms with Crippen LogP contribution in [-0.4, -0.2) is 20.8 Å². The summed E-state index contributed by atoms with van der Waals surface area (Å²) >= 11 is 4.68. The fraction of sp³-hybridized carbons (Fsp3) is 0.143. The molecule has 1 aromatic carbocycles. The summed E-state index contributed by atoms with van der Waals surface area (Å²) in [7, 11) is 0. The Morgan fingerprint density at radius 2 is 2.05 bits per heavy atom. The molecule has 8 heteroatoms. The number of nitro groups is 1. The minimum Gasteiger partial charge on any atom is -0.375 e. The molecule has 1 heterocycles. The van der Waals surface area contributed by atoms with Crippen molar-refractivity contribution in [3.05, 3.63) is 57.4 Å². The molecule has 0 aliphatic rings. The van der Waals surface area contributed by atoms with E-state index in [4.69, 9.17) is 5.73 Å². The van der Waals surface area contributed by atoms with Gasteiger partial charge in [-0.15, -0.1) is 0 Å². The summed E-state index contributed by atoms with van der Waals surface area (Å²) in [6, 6.07) is 8.35. The van der Waals surface area contributed by atoms with E-state index in [-0.39, 0.29) is 10.8 Å². The lowest BCUT2D eigenvalue weighted by atomic mass is 10.2. The Balaban J connectivity index is 2.35. The van der Waals surface area contributed by atoms with Crippen molar-refractivity contribution < 1.29 is 4.92 Å². The fourth-order valence-electron chi connectivity index (χ4n) is 2.20. The second-order valence-electron chi connectivity index (χ2n) is 4.67. The lowest BCUT2D eigenvalue weighted by Gasteiger charge is -2.09. The number of nitrogens with two attached hydrogens (primary N) is 1. The minimum absolute atomic E-state index is 0.0636. The Kier molecular flexibility index (Phi) is 4.52. The largest absolute Gasteiger partial charge is 0.375 e. The summed E-state index contributed by atoms with van der Waals surface area (Å²) in [6.07, 6.45) is 1.63. The Labute approximate surface area is 132 Å². The van der Waals surface area contributed by atoms with Crippen LogP contribution >= 0.6 is 12.2 Å². The van der Waals surface area contributed by atoms with E-state index in [9.17, 15) is 10.1 Å². The normalized spacial score (nSPS) is 10.8. The molecule has 0 atom stereocenters. The predicted octanol–water partition coefficient (Wildman–Crippen LogP) is 2.17. The first-order chi connectivity index (χ1) is 10.4. The molecule has 0 fully saturated rings. The van der Waals surface area contributed by atoms with Crippen LogP contribution in [0.1, 0.15) is 17.0 Å². The third-order valence-electron chi connectivity index (χ3n) is 3.17. The molecule has 7 nitrogen and oxygen atoms in total. The molecular weight excluding hydrogens is 302 g/mol. The van der Waals surface area contributed by atoms with Crippen molar-refractivity contribution in [2.24, 2.45) is 10.8 Å². The van der Waals surface area contributed by atoms with Crippen molar-refractivity contribution in [1.29, 1.82) is 0 Å². The molecule has 3 N–H and O–H groups in total. The Morgan fingerprint density at radius 3 is 2.59 bits per heavy atom. The van der Waals surface area contributed by atoms with Crippen LogP contribution in [0.4, 0.5) is 5.69 Å². The molecule has 22 heavy (non-hydrogen) atoms. The maximum absolute atomic E-state index is 10.7. The smallest absolute Gasteiger partial charge is 0.269 e. The number of nitrogens with one attached hydrogen (secondary N) is 1. The number of hydrogen-bond acceptors (Lipinski definition) is 4. The number of benzene rings is 1. The first-order valence-electron chi connectivity index (χ1n) is 6.42. The standard InChI is InChI=1S/C14H15N5O2S/c1-9-7-11(8-16-17-14(15)22)10(2)18(9)12-3-5-13(6-4-12)19(20)21/h3-8H,1-2H3,(H3,15,17,22)/b16-8+. The number of aryl methyl sites for hydroxylation is 1. The number of nitrogens with zero attached hydrogens (tertiary/aromatic N) is 3. The highest BCUT2D eigenvalue weighted by molar-refractivity contribution is 7.80. The summed E-state index contributed by atoms with van der Waals surface area (Å²) in [5.74, 6) is 0. The van der Waals surface area contributed by atoms with Gasteiger partial charge in [0.1, 0.15) is 0 Å². The van der Waals surface area contributed by atoms with Gasteiger partial charge in [-0.25, -0.2) is 0 Å². The summed E-state index contributed by atoms with van der Waals surface area (Å²) in [5.41, 5.74) is 11.6. The lowest BCUT2D eigenvalue weighted by Crippen LogP contribution is -2.24. The highest BCUT2D eigenvalue weighted by Gasteiger charge is 2.11. The molecule has 0 saturated heterocycles. The van der Waals surface area contributed by atoms with Crippen LogP contribution in [0.3, 0.4) is 0 Å². The van der Waals surface area contributed by atoms with Gasteiger partial charge in [-0.1, -0.05) is 0 Å². The van der Waals surface area contributed by atoms with Crippen molar-refractivity contribution >= 4 is 29.2 Å². The zero-order valence-electron chi connectivity index (χ0n) is 12.1. The van der Waals surface area contributed by atoms with Gasteiger partial charge in [-0.2, -0.15) is 5.10 Å². The molecule has 0 amide bonds. The van der Waals surface area contributed by atoms with Gasteiger partial charge in [0.2, 0.25) is 0 Å². The zero-order valence-corrected chi connectivity index (χ0v) is 12.9. The average Bonchev–Trinajstić information content (AvgIpc) is 2.73. The van der Waals surface area contributed by atoms with Gasteiger partial charge in [0, 0.05) is 34.8 Å². The van der Waals surface area contributed by atoms with Crippen LogP contribution in [0.25, 0.3) is 5.69 Å². The van der Waals surface area contributed by atoms with Crippen LogP contribution in [0.5, 0.6) is 0 Å². The van der Waals surface area contributed by atoms with Crippen LogP contribution in [0.2, 0.25) is 0 Å². The van der Waals surface area contributed by atoms with Gasteiger partial charge < -0.3 is 10.3 Å². The van der Waals surface area contributed by atoms with E-state index in [0.717, 1.165) is 22.6 Å². The molecule has 2 aromatic rings. The summed E-state index contributed by atoms with van der Waals surface area (Å²) in [4.78, 5) is 10.3. The third-order valence-corrected chi connectivity index (χ3v) is 3.26. The monoisotopic (exact) mass is 317 g/mol. The Morgan fingerprint density at radius 1 is 1.41 bits per heavy atom. The topological polar surface area (TPSA) is 98.5 Å². The van der Waals surface area contributed by atoms with Gasteiger partial charge in [0.05, 0.1) is 11.1 Å². The number of aromatic nitrogens is 1. The lowest BCUT2D eigenvalue weighted by molar-refractivity contribution is -0.384. The van der Waals surface area contributed by atoms with E-state index in [1.54, 1.807) is 18.3 Å². The fourth-order valence-corrected chi connectivity index (χ4v) is 2.26. The molecule has 1 aromatic heterocycles. The van der Waals surface area contributed by atoms with E-state index < -0.39 is 4.92 Å². The SMILES string of the molecule is Cc1cc(/C=N/NC(N)=S)c(C)n1-c1ccc([N+](=O)[O-])cc1. The number of non-ortho nitro benzene ring substituents is 1. The molecule has 0 radical (unpaired) electrons. The number of nitro benzene ring substituents is 1. The van der Waals surface area contributed by atoms with Crippen molar-refractivity contribution in [2.45, 2.75) is 13.8 Å². The summed E-state index contributed by atoms with van der Waals surface area (Å²) in [5, 5.41) is 14.8. The molecule has 2 rings (SSSR count). The Bertz CT molecular complexity index is 749. The number of rotatable bonds is 4. The minimum atomic E-state index is -0.418. The maximum atomic E-state index is 10.7. The van der Waals surface area contributed by atoms with Crippen LogP contribution in [0, 0.1) is 24.0 Å². The van der Waals surface area contributed by atoms with Crippen molar-refractivity contribution in [3.63, 3.8) is 0 Å². The van der Waals surface area contributed by atoms with Gasteiger partial charge in [0.25, 0.3) is 5.69 Å². The molecule has 0 saturated carbocycles. The zero-order chi connectivity index (χ0) is 16.3. The number of hydrogen-bond donors (Lipinski definition) is 2. The van der Waals surface area contributed by atoms with Crippen LogP contribution in [0.15, 0.2) is 35.4 Å². The van der Waals surface area contributed by atoms with Crippen molar-refractivity contribution in [2.75, 3.05) is 0 Å². The third kappa shape index (κ3) is 3.29. The number of thiocarbonyl (C=S) groups is 1. The second-order valence-corrected chi connectivity index (χ2v) is 5.11. The molecule has 0 aliphatic heterocycles. The molecule has 0 spiro atoms. The molecule has 114 valence electrons. The number of hydrazone groups is 1. The predicted molar refractivity (Wildman–Crippen MR) is 89.4 cm³/mol. The van der Waals surface area contributed by atoms with Crippen molar-refractivity contribution in [3.8, 4) is 5.69 Å². The van der Waals surface area contributed by atoms with E-state index in [1.807, 2.05) is 24.5 Å². The quantitative estimate of drug-likeness (QED) is 0.390. The van der Waals surface area contributed by atoms with E-state index in [1.165, 1.54) is 12.1 Å². The van der Waals surface area contributed by atoms with Crippen LogP contribution < -0.4 is 11.2 Å². The van der Waals surface area contributed by atoms with Gasteiger partial charge in [0.15, 0.2) is 5.11 Å². The summed E-state index contributed by atoms with van der Waals surface area (Å²) in [6.45, 7) is 3.89. The molecule has 0 bridgehead atoms. The highest BCUT2D eigenvalue weighted by Crippen LogP contribution is 2.21. The van der Waals surface area contributed by atoms with E-state index in [2.05, 4.69) is 22.7 Å². The van der Waals surface area contributed by atoms with Gasteiger partial charge in [-0.05, 0) is 44.3 Å². The van der Waals surface area contributed by atoms with Gasteiger partial charge >= 0.3 is 0 Å².